The smallest absolute Gasteiger partial charge is 0.154 e. The topological polar surface area (TPSA) is 46.2 Å². The van der Waals surface area contributed by atoms with Crippen molar-refractivity contribution in [1.82, 2.24) is 5.32 Å². The summed E-state index contributed by atoms with van der Waals surface area (Å²) < 4.78 is 25.2. The van der Waals surface area contributed by atoms with Crippen LogP contribution in [0.1, 0.15) is 60.3 Å². The van der Waals surface area contributed by atoms with Gasteiger partial charge in [-0.2, -0.15) is 0 Å². The molecule has 0 aromatic rings. The van der Waals surface area contributed by atoms with E-state index in [1.54, 1.807) is 0 Å². The summed E-state index contributed by atoms with van der Waals surface area (Å²) in [6.07, 6.45) is 4.59. The van der Waals surface area contributed by atoms with Gasteiger partial charge in [-0.3, -0.25) is 0 Å². The highest BCUT2D eigenvalue weighted by atomic mass is 32.2. The molecule has 0 bridgehead atoms. The quantitative estimate of drug-likeness (QED) is 0.817. The van der Waals surface area contributed by atoms with E-state index in [0.717, 1.165) is 12.8 Å². The first-order valence-corrected chi connectivity index (χ1v) is 9.30. The molecule has 0 heterocycles. The molecule has 1 unspecified atom stereocenters. The lowest BCUT2D eigenvalue weighted by molar-refractivity contribution is 0.398. The van der Waals surface area contributed by atoms with Crippen LogP contribution in [-0.2, 0) is 9.84 Å². The summed E-state index contributed by atoms with van der Waals surface area (Å²) >= 11 is 0. The average Bonchev–Trinajstić information content (AvgIpc) is 2.66. The van der Waals surface area contributed by atoms with Crippen LogP contribution in [0.3, 0.4) is 0 Å². The third kappa shape index (κ3) is 5.82. The number of hydrogen-bond acceptors (Lipinski definition) is 3. The monoisotopic (exact) mass is 289 g/mol. The van der Waals surface area contributed by atoms with Gasteiger partial charge in [-0.25, -0.2) is 8.42 Å². The largest absolute Gasteiger partial charge is 0.311 e. The van der Waals surface area contributed by atoms with Crippen LogP contribution in [-0.4, -0.2) is 31.5 Å². The highest BCUT2D eigenvalue weighted by Gasteiger charge is 2.32. The van der Waals surface area contributed by atoms with E-state index >= 15 is 0 Å². The van der Waals surface area contributed by atoms with Crippen molar-refractivity contribution in [3.63, 3.8) is 0 Å². The summed E-state index contributed by atoms with van der Waals surface area (Å²) in [6, 6.07) is 0. The SMILES string of the molecule is CC(C)C(CNC(C)(C)C)S(=O)(=O)CC1CCCC1. The molecule has 1 N–H and O–H groups in total. The van der Waals surface area contributed by atoms with E-state index in [1.807, 2.05) is 13.8 Å². The molecular formula is C15H31NO2S. The Morgan fingerprint density at radius 1 is 1.16 bits per heavy atom. The number of sulfone groups is 1. The van der Waals surface area contributed by atoms with Crippen molar-refractivity contribution < 1.29 is 8.42 Å². The molecule has 1 aliphatic rings. The van der Waals surface area contributed by atoms with Gasteiger partial charge in [-0.1, -0.05) is 26.7 Å². The molecule has 0 spiro atoms. The van der Waals surface area contributed by atoms with Crippen LogP contribution in [0, 0.1) is 11.8 Å². The van der Waals surface area contributed by atoms with E-state index in [-0.39, 0.29) is 16.7 Å². The molecule has 1 atom stereocenters. The average molecular weight is 289 g/mol. The summed E-state index contributed by atoms with van der Waals surface area (Å²) in [5, 5.41) is 3.10. The first-order valence-electron chi connectivity index (χ1n) is 7.58. The van der Waals surface area contributed by atoms with Gasteiger partial charge in [-0.15, -0.1) is 0 Å². The molecule has 0 aromatic heterocycles. The molecule has 1 aliphatic carbocycles. The van der Waals surface area contributed by atoms with Gasteiger partial charge >= 0.3 is 0 Å². The Kier molecular flexibility index (Phi) is 5.87. The minimum atomic E-state index is -2.99. The molecule has 0 radical (unpaired) electrons. The fourth-order valence-electron chi connectivity index (χ4n) is 2.81. The maximum atomic E-state index is 12.6. The van der Waals surface area contributed by atoms with Crippen LogP contribution in [0.4, 0.5) is 0 Å². The van der Waals surface area contributed by atoms with Gasteiger partial charge in [-0.05, 0) is 45.4 Å². The maximum Gasteiger partial charge on any atom is 0.154 e. The van der Waals surface area contributed by atoms with Crippen molar-refractivity contribution >= 4 is 9.84 Å². The molecule has 114 valence electrons. The van der Waals surface area contributed by atoms with Gasteiger partial charge in [0.05, 0.1) is 11.0 Å². The van der Waals surface area contributed by atoms with Crippen molar-refractivity contribution in [3.8, 4) is 0 Å². The van der Waals surface area contributed by atoms with Crippen LogP contribution < -0.4 is 5.32 Å². The Morgan fingerprint density at radius 3 is 2.11 bits per heavy atom. The molecule has 0 saturated heterocycles. The van der Waals surface area contributed by atoms with Gasteiger partial charge in [0.25, 0.3) is 0 Å². The highest BCUT2D eigenvalue weighted by Crippen LogP contribution is 2.28. The molecule has 0 aromatic carbocycles. The molecule has 1 saturated carbocycles. The zero-order chi connectivity index (χ0) is 14.7. The minimum absolute atomic E-state index is 0.0317. The maximum absolute atomic E-state index is 12.6. The third-order valence-corrected chi connectivity index (χ3v) is 6.55. The van der Waals surface area contributed by atoms with Crippen molar-refractivity contribution in [1.29, 1.82) is 0 Å². The van der Waals surface area contributed by atoms with Crippen LogP contribution >= 0.6 is 0 Å². The van der Waals surface area contributed by atoms with Crippen molar-refractivity contribution in [2.45, 2.75) is 71.1 Å². The Morgan fingerprint density at radius 2 is 1.68 bits per heavy atom. The van der Waals surface area contributed by atoms with Gasteiger partial charge in [0.15, 0.2) is 9.84 Å². The molecule has 4 heteroatoms. The minimum Gasteiger partial charge on any atom is -0.311 e. The second-order valence-corrected chi connectivity index (χ2v) is 9.66. The van der Waals surface area contributed by atoms with Crippen LogP contribution in [0.25, 0.3) is 0 Å². The van der Waals surface area contributed by atoms with Crippen molar-refractivity contribution in [2.24, 2.45) is 11.8 Å². The van der Waals surface area contributed by atoms with Crippen molar-refractivity contribution in [2.75, 3.05) is 12.3 Å². The van der Waals surface area contributed by atoms with E-state index in [0.29, 0.717) is 18.2 Å². The molecule has 0 aliphatic heterocycles. The van der Waals surface area contributed by atoms with Gasteiger partial charge in [0.1, 0.15) is 0 Å². The number of nitrogens with one attached hydrogen (secondary N) is 1. The Balaban J connectivity index is 2.67. The molecule has 3 nitrogen and oxygen atoms in total. The van der Waals surface area contributed by atoms with Crippen LogP contribution in [0.5, 0.6) is 0 Å². The zero-order valence-electron chi connectivity index (χ0n) is 13.2. The second kappa shape index (κ2) is 6.57. The van der Waals surface area contributed by atoms with E-state index in [2.05, 4.69) is 26.1 Å². The first-order chi connectivity index (χ1) is 8.62. The van der Waals surface area contributed by atoms with E-state index in [9.17, 15) is 8.42 Å². The van der Waals surface area contributed by atoms with Crippen LogP contribution in [0.15, 0.2) is 0 Å². The molecule has 19 heavy (non-hydrogen) atoms. The Hall–Kier alpha value is -0.0900. The fraction of sp³-hybridized carbons (Fsp3) is 1.00. The van der Waals surface area contributed by atoms with Gasteiger partial charge in [0, 0.05) is 12.1 Å². The summed E-state index contributed by atoms with van der Waals surface area (Å²) in [5.41, 5.74) is -0.0317. The predicted molar refractivity (Wildman–Crippen MR) is 82.1 cm³/mol. The lowest BCUT2D eigenvalue weighted by Gasteiger charge is -2.28. The normalized spacial score (nSPS) is 20.1. The molecule has 0 amide bonds. The first kappa shape index (κ1) is 17.0. The summed E-state index contributed by atoms with van der Waals surface area (Å²) in [6.45, 7) is 10.8. The second-order valence-electron chi connectivity index (χ2n) is 7.39. The highest BCUT2D eigenvalue weighted by molar-refractivity contribution is 7.92. The summed E-state index contributed by atoms with van der Waals surface area (Å²) in [4.78, 5) is 0. The third-order valence-electron chi connectivity index (χ3n) is 3.98. The van der Waals surface area contributed by atoms with Crippen LogP contribution in [0.2, 0.25) is 0 Å². The zero-order valence-corrected chi connectivity index (χ0v) is 14.0. The standard InChI is InChI=1S/C15H31NO2S/c1-12(2)14(10-16-15(3,4)5)19(17,18)11-13-8-6-7-9-13/h12-14,16H,6-11H2,1-5H3. The fourth-order valence-corrected chi connectivity index (χ4v) is 5.22. The number of rotatable bonds is 6. The molecule has 1 fully saturated rings. The molecular weight excluding hydrogens is 258 g/mol. The van der Waals surface area contributed by atoms with E-state index < -0.39 is 9.84 Å². The molecule has 1 rings (SSSR count). The Labute approximate surface area is 119 Å². The lowest BCUT2D eigenvalue weighted by Crippen LogP contribution is -2.46. The Bertz CT molecular complexity index is 362. The summed E-state index contributed by atoms with van der Waals surface area (Å²) in [5.74, 6) is 0.962. The van der Waals surface area contributed by atoms with Crippen molar-refractivity contribution in [3.05, 3.63) is 0 Å². The number of hydrogen-bond donors (Lipinski definition) is 1. The van der Waals surface area contributed by atoms with E-state index in [4.69, 9.17) is 0 Å². The summed E-state index contributed by atoms with van der Waals surface area (Å²) in [7, 11) is -2.99. The van der Waals surface area contributed by atoms with Gasteiger partial charge < -0.3 is 5.32 Å². The van der Waals surface area contributed by atoms with E-state index in [1.165, 1.54) is 12.8 Å². The lowest BCUT2D eigenvalue weighted by atomic mass is 10.1. The van der Waals surface area contributed by atoms with Gasteiger partial charge in [0.2, 0.25) is 0 Å². The predicted octanol–water partition coefficient (Wildman–Crippen LogP) is 3.00.